The van der Waals surface area contributed by atoms with Gasteiger partial charge in [0.05, 0.1) is 12.8 Å². The number of nitrogens with zero attached hydrogens (tertiary/aromatic N) is 5. The van der Waals surface area contributed by atoms with Crippen LogP contribution < -0.4 is 15.6 Å². The van der Waals surface area contributed by atoms with Crippen LogP contribution in [0, 0.1) is 6.92 Å². The van der Waals surface area contributed by atoms with Crippen LogP contribution >= 0.6 is 0 Å². The van der Waals surface area contributed by atoms with E-state index in [4.69, 9.17) is 4.74 Å². The smallest absolute Gasteiger partial charge is 0.263 e. The molecule has 0 bridgehead atoms. The monoisotopic (exact) mass is 385 g/mol. The van der Waals surface area contributed by atoms with Crippen LogP contribution in [0.4, 0.5) is 5.82 Å². The average Bonchev–Trinajstić information content (AvgIpc) is 3.17. The molecule has 0 saturated heterocycles. The Balaban J connectivity index is 2.07. The zero-order valence-electron chi connectivity index (χ0n) is 16.7. The van der Waals surface area contributed by atoms with E-state index in [1.165, 1.54) is 22.5 Å². The fourth-order valence-electron chi connectivity index (χ4n) is 2.62. The fraction of sp³-hybridized carbons (Fsp3) is 0.389. The topological polar surface area (TPSA) is 120 Å². The predicted octanol–water partition coefficient (Wildman–Crippen LogP) is 1.56. The highest BCUT2D eigenvalue weighted by atomic mass is 16.5. The van der Waals surface area contributed by atoms with Crippen LogP contribution in [0.15, 0.2) is 23.1 Å². The number of aromatic nitrogens is 6. The largest absolute Gasteiger partial charge is 0.479 e. The number of aromatic amines is 1. The number of carbonyl (C=O) groups excluding carboxylic acids is 1. The molecule has 2 N–H and O–H groups in total. The summed E-state index contributed by atoms with van der Waals surface area (Å²) >= 11 is 0. The van der Waals surface area contributed by atoms with Gasteiger partial charge in [-0.25, -0.2) is 4.98 Å². The number of methoxy groups -OCH3 is 1. The summed E-state index contributed by atoms with van der Waals surface area (Å²) in [6.45, 7) is 7.72. The highest BCUT2D eigenvalue weighted by Gasteiger charge is 2.24. The van der Waals surface area contributed by atoms with Gasteiger partial charge in [-0.05, 0) is 6.92 Å². The Kier molecular flexibility index (Phi) is 4.80. The number of aryl methyl sites for hydroxylation is 2. The maximum Gasteiger partial charge on any atom is 0.263 e. The number of nitrogens with one attached hydrogen (secondary N) is 2. The average molecular weight is 385 g/mol. The molecule has 0 aliphatic heterocycles. The molecule has 10 heteroatoms. The maximum absolute atomic E-state index is 12.8. The van der Waals surface area contributed by atoms with Crippen molar-refractivity contribution in [3.8, 4) is 11.8 Å². The maximum atomic E-state index is 12.8. The van der Waals surface area contributed by atoms with Crippen LogP contribution in [0.2, 0.25) is 0 Å². The van der Waals surface area contributed by atoms with Crippen molar-refractivity contribution in [3.63, 3.8) is 0 Å². The van der Waals surface area contributed by atoms with Crippen molar-refractivity contribution < 1.29 is 9.53 Å². The molecule has 0 saturated carbocycles. The van der Waals surface area contributed by atoms with Gasteiger partial charge >= 0.3 is 0 Å². The number of carbonyl (C=O) groups is 1. The molecular weight excluding hydrogens is 362 g/mol. The molecular formula is C18H23N7O3. The molecule has 0 aromatic carbocycles. The lowest BCUT2D eigenvalue weighted by molar-refractivity contribution is 0.102. The number of ether oxygens (including phenoxy) is 1. The van der Waals surface area contributed by atoms with E-state index < -0.39 is 5.91 Å². The summed E-state index contributed by atoms with van der Waals surface area (Å²) in [5.74, 6) is 0.384. The normalized spacial score (nSPS) is 11.5. The first-order valence-corrected chi connectivity index (χ1v) is 8.66. The van der Waals surface area contributed by atoms with Crippen LogP contribution in [-0.2, 0) is 12.5 Å². The SMILES string of the molecule is COc1nn(C)cc1C(=O)Nc1cc(C(C)(C)C)nn1-c1nc(C)cc(=O)[nH]1. The molecule has 3 aromatic rings. The van der Waals surface area contributed by atoms with Crippen molar-refractivity contribution in [1.82, 2.24) is 29.5 Å². The number of anilines is 1. The minimum Gasteiger partial charge on any atom is -0.479 e. The zero-order chi connectivity index (χ0) is 20.6. The minimum absolute atomic E-state index is 0.212. The molecule has 0 radical (unpaired) electrons. The molecule has 3 aromatic heterocycles. The van der Waals surface area contributed by atoms with Gasteiger partial charge in [-0.15, -0.1) is 5.10 Å². The summed E-state index contributed by atoms with van der Waals surface area (Å²) in [6.07, 6.45) is 1.56. The molecule has 0 aliphatic rings. The Hall–Kier alpha value is -3.43. The molecule has 3 heterocycles. The number of hydrogen-bond donors (Lipinski definition) is 2. The molecule has 3 rings (SSSR count). The third-order valence-corrected chi connectivity index (χ3v) is 4.01. The standard InChI is InChI=1S/C18H23N7O3/c1-10-7-14(26)21-17(19-10)25-13(8-12(22-25)18(2,3)4)20-15(27)11-9-24(5)23-16(11)28-6/h7-9H,1-6H3,(H,20,27)(H,19,21,26). The van der Waals surface area contributed by atoms with E-state index in [2.05, 4.69) is 25.5 Å². The van der Waals surface area contributed by atoms with Crippen LogP contribution in [0.25, 0.3) is 5.95 Å². The molecule has 0 unspecified atom stereocenters. The van der Waals surface area contributed by atoms with Crippen molar-refractivity contribution in [3.05, 3.63) is 45.6 Å². The van der Waals surface area contributed by atoms with Crippen LogP contribution in [0.3, 0.4) is 0 Å². The molecule has 0 spiro atoms. The molecule has 1 amide bonds. The van der Waals surface area contributed by atoms with Gasteiger partial charge in [-0.1, -0.05) is 20.8 Å². The van der Waals surface area contributed by atoms with Gasteiger partial charge < -0.3 is 10.1 Å². The third-order valence-electron chi connectivity index (χ3n) is 4.01. The van der Waals surface area contributed by atoms with E-state index in [0.29, 0.717) is 11.5 Å². The van der Waals surface area contributed by atoms with E-state index in [9.17, 15) is 9.59 Å². The van der Waals surface area contributed by atoms with Crippen LogP contribution in [0.5, 0.6) is 5.88 Å². The van der Waals surface area contributed by atoms with Gasteiger partial charge in [0.2, 0.25) is 11.8 Å². The van der Waals surface area contributed by atoms with Gasteiger partial charge in [0.15, 0.2) is 0 Å². The number of H-pyrrole nitrogens is 1. The van der Waals surface area contributed by atoms with Crippen molar-refractivity contribution >= 4 is 11.7 Å². The quantitative estimate of drug-likeness (QED) is 0.703. The van der Waals surface area contributed by atoms with E-state index in [-0.39, 0.29) is 28.4 Å². The van der Waals surface area contributed by atoms with E-state index in [1.54, 1.807) is 26.2 Å². The highest BCUT2D eigenvalue weighted by molar-refractivity contribution is 6.05. The van der Waals surface area contributed by atoms with Crippen molar-refractivity contribution in [2.24, 2.45) is 7.05 Å². The highest BCUT2D eigenvalue weighted by Crippen LogP contribution is 2.26. The third kappa shape index (κ3) is 3.80. The lowest BCUT2D eigenvalue weighted by Gasteiger charge is -2.13. The first-order valence-electron chi connectivity index (χ1n) is 8.66. The van der Waals surface area contributed by atoms with Gasteiger partial charge in [0.25, 0.3) is 11.5 Å². The van der Waals surface area contributed by atoms with Crippen LogP contribution in [-0.4, -0.2) is 42.5 Å². The lowest BCUT2D eigenvalue weighted by atomic mass is 9.92. The van der Waals surface area contributed by atoms with E-state index in [0.717, 1.165) is 5.69 Å². The number of hydrogen-bond acceptors (Lipinski definition) is 6. The lowest BCUT2D eigenvalue weighted by Crippen LogP contribution is -2.19. The number of amides is 1. The van der Waals surface area contributed by atoms with Gasteiger partial charge in [0, 0.05) is 36.5 Å². The van der Waals surface area contributed by atoms with Crippen molar-refractivity contribution in [2.45, 2.75) is 33.1 Å². The molecule has 0 aliphatic carbocycles. The Morgan fingerprint density at radius 2 is 1.96 bits per heavy atom. The van der Waals surface area contributed by atoms with Gasteiger partial charge in [-0.3, -0.25) is 19.3 Å². The number of rotatable bonds is 4. The van der Waals surface area contributed by atoms with Crippen molar-refractivity contribution in [2.75, 3.05) is 12.4 Å². The summed E-state index contributed by atoms with van der Waals surface area (Å²) in [7, 11) is 3.14. The van der Waals surface area contributed by atoms with E-state index in [1.807, 2.05) is 20.8 Å². The summed E-state index contributed by atoms with van der Waals surface area (Å²) in [6, 6.07) is 3.14. The first-order chi connectivity index (χ1) is 13.1. The second-order valence-electron chi connectivity index (χ2n) is 7.47. The van der Waals surface area contributed by atoms with Crippen LogP contribution in [0.1, 0.15) is 42.5 Å². The van der Waals surface area contributed by atoms with Gasteiger partial charge in [-0.2, -0.15) is 9.78 Å². The summed E-state index contributed by atoms with van der Waals surface area (Å²) in [4.78, 5) is 31.7. The predicted molar refractivity (Wildman–Crippen MR) is 103 cm³/mol. The zero-order valence-corrected chi connectivity index (χ0v) is 16.7. The Morgan fingerprint density at radius 3 is 2.57 bits per heavy atom. The second kappa shape index (κ2) is 6.95. The molecule has 0 fully saturated rings. The molecule has 0 atom stereocenters. The second-order valence-corrected chi connectivity index (χ2v) is 7.47. The molecule has 28 heavy (non-hydrogen) atoms. The Morgan fingerprint density at radius 1 is 1.25 bits per heavy atom. The Labute approximate surface area is 161 Å². The Bertz CT molecular complexity index is 1090. The minimum atomic E-state index is -0.415. The van der Waals surface area contributed by atoms with Crippen molar-refractivity contribution in [1.29, 1.82) is 0 Å². The summed E-state index contributed by atoms with van der Waals surface area (Å²) in [5, 5.41) is 11.4. The molecule has 10 nitrogen and oxygen atoms in total. The molecule has 148 valence electrons. The first kappa shape index (κ1) is 19.3. The fourth-order valence-corrected chi connectivity index (χ4v) is 2.62. The summed E-state index contributed by atoms with van der Waals surface area (Å²) < 4.78 is 8.06. The van der Waals surface area contributed by atoms with E-state index >= 15 is 0 Å². The summed E-state index contributed by atoms with van der Waals surface area (Å²) in [5.41, 5.74) is 0.964. The van der Waals surface area contributed by atoms with Gasteiger partial charge in [0.1, 0.15) is 11.4 Å².